The van der Waals surface area contributed by atoms with Crippen molar-refractivity contribution in [1.29, 1.82) is 0 Å². The van der Waals surface area contributed by atoms with Crippen LogP contribution in [0.15, 0.2) is 29.2 Å². The predicted octanol–water partition coefficient (Wildman–Crippen LogP) is 1.07. The number of hydrogen-bond acceptors (Lipinski definition) is 7. The Bertz CT molecular complexity index is 779. The highest BCUT2D eigenvalue weighted by atomic mass is 32.2. The van der Waals surface area contributed by atoms with Crippen LogP contribution in [0.5, 0.6) is 0 Å². The monoisotopic (exact) mass is 352 g/mol. The van der Waals surface area contributed by atoms with Crippen molar-refractivity contribution in [2.45, 2.75) is 31.1 Å². The molecule has 1 aromatic carbocycles. The van der Waals surface area contributed by atoms with Crippen LogP contribution in [-0.4, -0.2) is 46.2 Å². The standard InChI is InChI=1S/C15H20N4O4S/c1-2-3-13-17-14(19-15(18-13)16-8-9-20)10-11-4-6-12(7-5-11)24(21,22)23/h4-7,20H,2-3,8-10H2,1H3,(H,21,22,23)(H,16,17,18,19). The van der Waals surface area contributed by atoms with E-state index < -0.39 is 10.1 Å². The lowest BCUT2D eigenvalue weighted by Gasteiger charge is -2.08. The van der Waals surface area contributed by atoms with Crippen molar-refractivity contribution in [3.8, 4) is 0 Å². The number of rotatable bonds is 8. The molecule has 0 unspecified atom stereocenters. The molecular weight excluding hydrogens is 332 g/mol. The van der Waals surface area contributed by atoms with Gasteiger partial charge in [0.25, 0.3) is 10.1 Å². The van der Waals surface area contributed by atoms with Gasteiger partial charge in [-0.3, -0.25) is 4.55 Å². The second-order valence-corrected chi connectivity index (χ2v) is 6.61. The lowest BCUT2D eigenvalue weighted by Crippen LogP contribution is -2.13. The quantitative estimate of drug-likeness (QED) is 0.602. The van der Waals surface area contributed by atoms with E-state index >= 15 is 0 Å². The van der Waals surface area contributed by atoms with Crippen LogP contribution in [0.25, 0.3) is 0 Å². The summed E-state index contributed by atoms with van der Waals surface area (Å²) in [5.74, 6) is 1.62. The Morgan fingerprint density at radius 3 is 2.33 bits per heavy atom. The maximum absolute atomic E-state index is 11.1. The molecule has 130 valence electrons. The Hall–Kier alpha value is -2.10. The van der Waals surface area contributed by atoms with Gasteiger partial charge in [0.15, 0.2) is 0 Å². The first-order valence-electron chi connectivity index (χ1n) is 7.57. The molecule has 0 amide bonds. The van der Waals surface area contributed by atoms with E-state index in [4.69, 9.17) is 9.66 Å². The van der Waals surface area contributed by atoms with Crippen molar-refractivity contribution in [3.05, 3.63) is 41.5 Å². The van der Waals surface area contributed by atoms with Crippen LogP contribution in [0, 0.1) is 0 Å². The van der Waals surface area contributed by atoms with Gasteiger partial charge in [-0.2, -0.15) is 18.4 Å². The summed E-state index contributed by atoms with van der Waals surface area (Å²) in [6, 6.07) is 5.88. The molecule has 2 aromatic rings. The molecule has 0 saturated carbocycles. The highest BCUT2D eigenvalue weighted by Gasteiger charge is 2.10. The average Bonchev–Trinajstić information content (AvgIpc) is 2.53. The van der Waals surface area contributed by atoms with E-state index in [0.29, 0.717) is 37.0 Å². The smallest absolute Gasteiger partial charge is 0.294 e. The number of hydrogen-bond donors (Lipinski definition) is 3. The predicted molar refractivity (Wildman–Crippen MR) is 88.5 cm³/mol. The third-order valence-corrected chi connectivity index (χ3v) is 4.05. The van der Waals surface area contributed by atoms with E-state index in [-0.39, 0.29) is 11.5 Å². The molecule has 0 spiro atoms. The van der Waals surface area contributed by atoms with Gasteiger partial charge in [0.2, 0.25) is 5.95 Å². The largest absolute Gasteiger partial charge is 0.395 e. The maximum atomic E-state index is 11.1. The van der Waals surface area contributed by atoms with Crippen molar-refractivity contribution in [3.63, 3.8) is 0 Å². The van der Waals surface area contributed by atoms with Gasteiger partial charge in [0.1, 0.15) is 11.6 Å². The second kappa shape index (κ2) is 8.13. The molecule has 0 fully saturated rings. The summed E-state index contributed by atoms with van der Waals surface area (Å²) in [6.07, 6.45) is 2.01. The van der Waals surface area contributed by atoms with Crippen LogP contribution in [-0.2, 0) is 23.0 Å². The fraction of sp³-hybridized carbons (Fsp3) is 0.400. The number of benzene rings is 1. The van der Waals surface area contributed by atoms with Crippen LogP contribution in [0.3, 0.4) is 0 Å². The Kier molecular flexibility index (Phi) is 6.18. The minimum atomic E-state index is -4.20. The van der Waals surface area contributed by atoms with Crippen LogP contribution >= 0.6 is 0 Å². The zero-order valence-electron chi connectivity index (χ0n) is 13.3. The summed E-state index contributed by atoms with van der Waals surface area (Å²) in [5, 5.41) is 11.8. The van der Waals surface area contributed by atoms with E-state index in [9.17, 15) is 8.42 Å². The summed E-state index contributed by atoms with van der Waals surface area (Å²) in [6.45, 7) is 2.34. The lowest BCUT2D eigenvalue weighted by atomic mass is 10.1. The molecule has 0 aliphatic carbocycles. The van der Waals surface area contributed by atoms with Gasteiger partial charge in [0, 0.05) is 19.4 Å². The van der Waals surface area contributed by atoms with Gasteiger partial charge in [-0.1, -0.05) is 19.1 Å². The van der Waals surface area contributed by atoms with Crippen molar-refractivity contribution >= 4 is 16.1 Å². The summed E-state index contributed by atoms with van der Waals surface area (Å²) < 4.78 is 31.1. The summed E-state index contributed by atoms with van der Waals surface area (Å²) in [5.41, 5.74) is 0.809. The van der Waals surface area contributed by atoms with Gasteiger partial charge in [-0.25, -0.2) is 4.98 Å². The summed E-state index contributed by atoms with van der Waals surface area (Å²) in [7, 11) is -4.20. The van der Waals surface area contributed by atoms with Gasteiger partial charge in [-0.05, 0) is 24.1 Å². The number of nitrogens with one attached hydrogen (secondary N) is 1. The van der Waals surface area contributed by atoms with Gasteiger partial charge in [0.05, 0.1) is 11.5 Å². The fourth-order valence-electron chi connectivity index (χ4n) is 2.09. The molecule has 1 heterocycles. The van der Waals surface area contributed by atoms with Crippen LogP contribution in [0.2, 0.25) is 0 Å². The van der Waals surface area contributed by atoms with Gasteiger partial charge < -0.3 is 10.4 Å². The van der Waals surface area contributed by atoms with Crippen molar-refractivity contribution < 1.29 is 18.1 Å². The first-order chi connectivity index (χ1) is 11.4. The first-order valence-corrected chi connectivity index (χ1v) is 9.01. The van der Waals surface area contributed by atoms with Crippen LogP contribution in [0.4, 0.5) is 5.95 Å². The highest BCUT2D eigenvalue weighted by Crippen LogP contribution is 2.13. The topological polar surface area (TPSA) is 125 Å². The Balaban J connectivity index is 2.22. The fourth-order valence-corrected chi connectivity index (χ4v) is 2.57. The number of anilines is 1. The zero-order valence-corrected chi connectivity index (χ0v) is 14.1. The molecule has 0 atom stereocenters. The molecule has 2 rings (SSSR count). The van der Waals surface area contributed by atoms with E-state index in [2.05, 4.69) is 20.3 Å². The van der Waals surface area contributed by atoms with E-state index in [1.54, 1.807) is 12.1 Å². The normalized spacial score (nSPS) is 11.5. The Labute approximate surface area is 140 Å². The first kappa shape index (κ1) is 18.2. The molecule has 0 radical (unpaired) electrons. The highest BCUT2D eigenvalue weighted by molar-refractivity contribution is 7.85. The third-order valence-electron chi connectivity index (χ3n) is 3.18. The van der Waals surface area contributed by atoms with Crippen LogP contribution < -0.4 is 5.32 Å². The molecule has 3 N–H and O–H groups in total. The molecule has 24 heavy (non-hydrogen) atoms. The zero-order chi connectivity index (χ0) is 17.6. The van der Waals surface area contributed by atoms with E-state index in [1.807, 2.05) is 6.92 Å². The molecule has 0 saturated heterocycles. The van der Waals surface area contributed by atoms with Crippen molar-refractivity contribution in [1.82, 2.24) is 15.0 Å². The molecule has 0 bridgehead atoms. The van der Waals surface area contributed by atoms with Crippen molar-refractivity contribution in [2.24, 2.45) is 0 Å². The average molecular weight is 352 g/mol. The minimum Gasteiger partial charge on any atom is -0.395 e. The summed E-state index contributed by atoms with van der Waals surface area (Å²) in [4.78, 5) is 12.9. The molecule has 0 aliphatic rings. The second-order valence-electron chi connectivity index (χ2n) is 5.19. The molecule has 0 aliphatic heterocycles. The van der Waals surface area contributed by atoms with Crippen molar-refractivity contribution in [2.75, 3.05) is 18.5 Å². The van der Waals surface area contributed by atoms with E-state index in [1.165, 1.54) is 12.1 Å². The Morgan fingerprint density at radius 1 is 1.08 bits per heavy atom. The third kappa shape index (κ3) is 5.22. The van der Waals surface area contributed by atoms with Crippen LogP contribution in [0.1, 0.15) is 30.6 Å². The molecule has 9 heteroatoms. The number of nitrogens with zero attached hydrogens (tertiary/aromatic N) is 3. The number of aliphatic hydroxyl groups is 1. The number of aryl methyl sites for hydroxylation is 1. The number of aliphatic hydroxyl groups excluding tert-OH is 1. The Morgan fingerprint density at radius 2 is 1.75 bits per heavy atom. The number of aromatic nitrogens is 3. The SMILES string of the molecule is CCCc1nc(Cc2ccc(S(=O)(=O)O)cc2)nc(NCCO)n1. The van der Waals surface area contributed by atoms with E-state index in [0.717, 1.165) is 12.0 Å². The van der Waals surface area contributed by atoms with Gasteiger partial charge >= 0.3 is 0 Å². The summed E-state index contributed by atoms with van der Waals surface area (Å²) >= 11 is 0. The van der Waals surface area contributed by atoms with Gasteiger partial charge in [-0.15, -0.1) is 0 Å². The molecule has 1 aromatic heterocycles. The molecular formula is C15H20N4O4S. The maximum Gasteiger partial charge on any atom is 0.294 e. The molecule has 8 nitrogen and oxygen atoms in total. The minimum absolute atomic E-state index is 0.0266. The lowest BCUT2D eigenvalue weighted by molar-refractivity contribution is 0.310.